The van der Waals surface area contributed by atoms with E-state index in [1.54, 1.807) is 36.4 Å². The number of benzene rings is 1. The number of carbonyl (C=O) groups is 1. The fourth-order valence-corrected chi connectivity index (χ4v) is 1.55. The Kier molecular flexibility index (Phi) is 3.76. The summed E-state index contributed by atoms with van der Waals surface area (Å²) in [5.41, 5.74) is 3.90. The van der Waals surface area contributed by atoms with Gasteiger partial charge in [-0.05, 0) is 24.3 Å². The van der Waals surface area contributed by atoms with Crippen LogP contribution in [0.25, 0.3) is 0 Å². The number of hydrazine groups is 1. The first-order valence-electron chi connectivity index (χ1n) is 5.19. The number of aromatic nitrogens is 1. The van der Waals surface area contributed by atoms with E-state index in [9.17, 15) is 4.79 Å². The van der Waals surface area contributed by atoms with Crippen LogP contribution in [0.4, 0.5) is 11.4 Å². The van der Waals surface area contributed by atoms with Crippen molar-refractivity contribution < 1.29 is 4.79 Å². The molecule has 0 saturated heterocycles. The van der Waals surface area contributed by atoms with Crippen molar-refractivity contribution >= 4 is 28.9 Å². The number of hydrogen-bond acceptors (Lipinski definition) is 4. The van der Waals surface area contributed by atoms with Gasteiger partial charge in [-0.25, -0.2) is 4.98 Å². The predicted molar refractivity (Wildman–Crippen MR) is 71.5 cm³/mol. The molecule has 0 aliphatic heterocycles. The molecule has 4 N–H and O–H groups in total. The third kappa shape index (κ3) is 2.77. The molecule has 0 bridgehead atoms. The molecule has 18 heavy (non-hydrogen) atoms. The zero-order chi connectivity index (χ0) is 13.0. The van der Waals surface area contributed by atoms with E-state index in [0.717, 1.165) is 0 Å². The van der Waals surface area contributed by atoms with E-state index in [2.05, 4.69) is 15.7 Å². The smallest absolute Gasteiger partial charge is 0.274 e. The molecule has 1 aromatic heterocycles. The highest BCUT2D eigenvalue weighted by molar-refractivity contribution is 6.33. The van der Waals surface area contributed by atoms with Crippen LogP contribution in [0, 0.1) is 0 Å². The predicted octanol–water partition coefficient (Wildman–Crippen LogP) is 2.27. The summed E-state index contributed by atoms with van der Waals surface area (Å²) in [6.07, 6.45) is 1.47. The van der Waals surface area contributed by atoms with Gasteiger partial charge in [-0.2, -0.15) is 0 Å². The van der Waals surface area contributed by atoms with Crippen LogP contribution in [-0.2, 0) is 0 Å². The summed E-state index contributed by atoms with van der Waals surface area (Å²) in [5, 5.41) is 3.16. The molecule has 6 heteroatoms. The van der Waals surface area contributed by atoms with Crippen LogP contribution < -0.4 is 16.6 Å². The lowest BCUT2D eigenvalue weighted by Gasteiger charge is -2.06. The van der Waals surface area contributed by atoms with E-state index in [1.165, 1.54) is 6.20 Å². The van der Waals surface area contributed by atoms with Gasteiger partial charge in [0, 0.05) is 0 Å². The fraction of sp³-hybridized carbons (Fsp3) is 0. The van der Waals surface area contributed by atoms with Crippen molar-refractivity contribution in [2.75, 3.05) is 10.7 Å². The fourth-order valence-electron chi connectivity index (χ4n) is 1.36. The zero-order valence-electron chi connectivity index (χ0n) is 9.35. The minimum atomic E-state index is -0.327. The van der Waals surface area contributed by atoms with Gasteiger partial charge in [0.25, 0.3) is 5.91 Å². The Morgan fingerprint density at radius 1 is 1.22 bits per heavy atom. The van der Waals surface area contributed by atoms with E-state index in [4.69, 9.17) is 17.4 Å². The summed E-state index contributed by atoms with van der Waals surface area (Å²) in [4.78, 5) is 15.9. The van der Waals surface area contributed by atoms with Gasteiger partial charge < -0.3 is 10.7 Å². The monoisotopic (exact) mass is 262 g/mol. The minimum absolute atomic E-state index is 0.286. The quantitative estimate of drug-likeness (QED) is 0.586. The second kappa shape index (κ2) is 5.48. The summed E-state index contributed by atoms with van der Waals surface area (Å²) in [5.74, 6) is 4.88. The van der Waals surface area contributed by atoms with Gasteiger partial charge in [-0.1, -0.05) is 23.7 Å². The van der Waals surface area contributed by atoms with Crippen LogP contribution in [-0.4, -0.2) is 10.9 Å². The molecular weight excluding hydrogens is 252 g/mol. The summed E-state index contributed by atoms with van der Waals surface area (Å²) < 4.78 is 0. The summed E-state index contributed by atoms with van der Waals surface area (Å²) in [6.45, 7) is 0. The molecule has 0 radical (unpaired) electrons. The number of amides is 1. The average Bonchev–Trinajstić information content (AvgIpc) is 2.41. The summed E-state index contributed by atoms with van der Waals surface area (Å²) in [7, 11) is 0. The number of halogens is 1. The van der Waals surface area contributed by atoms with Gasteiger partial charge in [0.1, 0.15) is 5.69 Å². The molecule has 0 atom stereocenters. The molecule has 0 unspecified atom stereocenters. The molecule has 2 aromatic rings. The zero-order valence-corrected chi connectivity index (χ0v) is 10.1. The van der Waals surface area contributed by atoms with Crippen LogP contribution in [0.1, 0.15) is 10.5 Å². The Balaban J connectivity index is 2.14. The van der Waals surface area contributed by atoms with E-state index in [1.807, 2.05) is 0 Å². The molecule has 0 aliphatic carbocycles. The van der Waals surface area contributed by atoms with Gasteiger partial charge in [-0.15, -0.1) is 0 Å². The number of nitrogens with zero attached hydrogens (tertiary/aromatic N) is 1. The molecule has 0 spiro atoms. The number of anilines is 2. The van der Waals surface area contributed by atoms with Crippen molar-refractivity contribution in [2.24, 2.45) is 5.84 Å². The molecule has 2 rings (SSSR count). The Bertz CT molecular complexity index is 556. The molecule has 0 aliphatic rings. The maximum atomic E-state index is 11.9. The largest absolute Gasteiger partial charge is 0.323 e. The Labute approximate surface area is 109 Å². The van der Waals surface area contributed by atoms with Gasteiger partial charge in [0.2, 0.25) is 0 Å². The number of para-hydroxylation sites is 1. The number of pyridine rings is 1. The Morgan fingerprint density at radius 2 is 2.00 bits per heavy atom. The van der Waals surface area contributed by atoms with Gasteiger partial charge in [-0.3, -0.25) is 10.6 Å². The molecule has 5 nitrogen and oxygen atoms in total. The average molecular weight is 263 g/mol. The molecule has 1 amide bonds. The summed E-state index contributed by atoms with van der Waals surface area (Å²) in [6, 6.07) is 10.2. The molecule has 1 aromatic carbocycles. The highest BCUT2D eigenvalue weighted by Gasteiger charge is 2.09. The van der Waals surface area contributed by atoms with Crippen molar-refractivity contribution in [1.29, 1.82) is 0 Å². The van der Waals surface area contributed by atoms with Crippen LogP contribution >= 0.6 is 11.6 Å². The van der Waals surface area contributed by atoms with E-state index < -0.39 is 0 Å². The van der Waals surface area contributed by atoms with Gasteiger partial charge >= 0.3 is 0 Å². The number of nitrogens with one attached hydrogen (secondary N) is 2. The maximum absolute atomic E-state index is 11.9. The molecule has 1 heterocycles. The second-order valence-electron chi connectivity index (χ2n) is 3.51. The molecular formula is C12H11ClN4O. The number of nitrogen functional groups attached to an aromatic ring is 1. The minimum Gasteiger partial charge on any atom is -0.323 e. The second-order valence-corrected chi connectivity index (χ2v) is 3.92. The highest BCUT2D eigenvalue weighted by atomic mass is 35.5. The van der Waals surface area contributed by atoms with Crippen molar-refractivity contribution in [2.45, 2.75) is 0 Å². The highest BCUT2D eigenvalue weighted by Crippen LogP contribution is 2.20. The van der Waals surface area contributed by atoms with E-state index in [-0.39, 0.29) is 11.6 Å². The van der Waals surface area contributed by atoms with Gasteiger partial charge in [0.15, 0.2) is 0 Å². The molecule has 0 fully saturated rings. The van der Waals surface area contributed by atoms with Crippen LogP contribution in [0.2, 0.25) is 5.02 Å². The van der Waals surface area contributed by atoms with Gasteiger partial charge in [0.05, 0.1) is 22.6 Å². The standard InChI is InChI=1S/C12H11ClN4O/c13-9-3-1-2-4-10(9)16-12(18)11-6-5-8(17-14)7-15-11/h1-7,17H,14H2,(H,16,18). The van der Waals surface area contributed by atoms with Crippen LogP contribution in [0.5, 0.6) is 0 Å². The first-order valence-corrected chi connectivity index (χ1v) is 5.57. The Morgan fingerprint density at radius 3 is 2.61 bits per heavy atom. The Hall–Kier alpha value is -2.11. The number of rotatable bonds is 3. The lowest BCUT2D eigenvalue weighted by molar-refractivity contribution is 0.102. The van der Waals surface area contributed by atoms with Crippen LogP contribution in [0.15, 0.2) is 42.6 Å². The number of nitrogens with two attached hydrogens (primary N) is 1. The van der Waals surface area contributed by atoms with Crippen molar-refractivity contribution in [3.63, 3.8) is 0 Å². The summed E-state index contributed by atoms with van der Waals surface area (Å²) >= 11 is 5.94. The number of carbonyl (C=O) groups excluding carboxylic acids is 1. The SMILES string of the molecule is NNc1ccc(C(=O)Nc2ccccc2Cl)nc1. The number of hydrogen-bond donors (Lipinski definition) is 3. The maximum Gasteiger partial charge on any atom is 0.274 e. The van der Waals surface area contributed by atoms with E-state index >= 15 is 0 Å². The third-order valence-electron chi connectivity index (χ3n) is 2.28. The van der Waals surface area contributed by atoms with Crippen molar-refractivity contribution in [1.82, 2.24) is 4.98 Å². The normalized spacial score (nSPS) is 9.89. The van der Waals surface area contributed by atoms with E-state index in [0.29, 0.717) is 16.4 Å². The third-order valence-corrected chi connectivity index (χ3v) is 2.61. The van der Waals surface area contributed by atoms with Crippen LogP contribution in [0.3, 0.4) is 0 Å². The first kappa shape index (κ1) is 12.3. The van der Waals surface area contributed by atoms with Crippen molar-refractivity contribution in [3.05, 3.63) is 53.3 Å². The topological polar surface area (TPSA) is 80.0 Å². The first-order chi connectivity index (χ1) is 8.70. The molecule has 0 saturated carbocycles. The van der Waals surface area contributed by atoms with Crippen molar-refractivity contribution in [3.8, 4) is 0 Å². The lowest BCUT2D eigenvalue weighted by atomic mass is 10.3. The molecule has 92 valence electrons. The lowest BCUT2D eigenvalue weighted by Crippen LogP contribution is -2.14.